The molecule has 1 aliphatic rings. The molecule has 0 amide bonds. The Morgan fingerprint density at radius 3 is 2.39 bits per heavy atom. The van der Waals surface area contributed by atoms with Crippen molar-refractivity contribution in [2.45, 2.75) is 12.5 Å². The zero-order chi connectivity index (χ0) is 16.3. The number of nitrogens with one attached hydrogen (secondary N) is 1. The molecule has 1 atom stereocenters. The predicted octanol–water partition coefficient (Wildman–Crippen LogP) is 2.87. The molecule has 120 valence electrons. The molecule has 1 aromatic heterocycles. The van der Waals surface area contributed by atoms with E-state index >= 15 is 0 Å². The summed E-state index contributed by atoms with van der Waals surface area (Å²) in [5.41, 5.74) is 3.21. The average molecular weight is 325 g/mol. The van der Waals surface area contributed by atoms with Gasteiger partial charge in [-0.3, -0.25) is 4.84 Å². The number of hydrogen-bond donors (Lipinski definition) is 1. The maximum absolute atomic E-state index is 12.1. The molecule has 9 heteroatoms. The maximum atomic E-state index is 12.1. The quantitative estimate of drug-likeness (QED) is 0.932. The Balaban J connectivity index is 1.66. The Labute approximate surface area is 128 Å². The first kappa shape index (κ1) is 15.1. The van der Waals surface area contributed by atoms with Gasteiger partial charge in [0, 0.05) is 6.08 Å². The summed E-state index contributed by atoms with van der Waals surface area (Å²) in [6, 6.07) is 5.37. The first-order valence-electron chi connectivity index (χ1n) is 6.42. The van der Waals surface area contributed by atoms with Crippen LogP contribution in [0.1, 0.15) is 11.7 Å². The van der Waals surface area contributed by atoms with E-state index in [0.717, 1.165) is 0 Å². The van der Waals surface area contributed by atoms with E-state index < -0.39 is 12.5 Å². The van der Waals surface area contributed by atoms with Gasteiger partial charge < -0.3 is 9.47 Å². The van der Waals surface area contributed by atoms with Crippen molar-refractivity contribution < 1.29 is 27.5 Å². The molecule has 6 nitrogen and oxygen atoms in total. The molecule has 0 aliphatic carbocycles. The fourth-order valence-corrected chi connectivity index (χ4v) is 1.87. The van der Waals surface area contributed by atoms with E-state index in [4.69, 9.17) is 9.57 Å². The van der Waals surface area contributed by atoms with Crippen LogP contribution in [-0.4, -0.2) is 16.3 Å². The second kappa shape index (κ2) is 6.13. The van der Waals surface area contributed by atoms with E-state index in [1.165, 1.54) is 43.0 Å². The highest BCUT2D eigenvalue weighted by Crippen LogP contribution is 2.28. The summed E-state index contributed by atoms with van der Waals surface area (Å²) >= 11 is 0. The van der Waals surface area contributed by atoms with Crippen LogP contribution in [0.4, 0.5) is 13.2 Å². The van der Waals surface area contributed by atoms with Crippen molar-refractivity contribution in [2.24, 2.45) is 0 Å². The number of hydrogen-bond acceptors (Lipinski definition) is 6. The van der Waals surface area contributed by atoms with Crippen molar-refractivity contribution in [2.75, 3.05) is 0 Å². The topological polar surface area (TPSA) is 65.5 Å². The number of aromatic nitrogens is 2. The average Bonchev–Trinajstić information content (AvgIpc) is 2.96. The van der Waals surface area contributed by atoms with Crippen molar-refractivity contribution in [1.29, 1.82) is 0 Å². The minimum absolute atomic E-state index is 0.297. The molecule has 1 N–H and O–H groups in total. The standard InChI is InChI=1S/C14H10F3N3O3/c15-14(16,17)22-10-3-1-9(2-4-10)12-5-13(20-23-12)21-11-6-18-8-19-7-11/h1-8,12,20H. The molecule has 0 spiro atoms. The predicted molar refractivity (Wildman–Crippen MR) is 70.8 cm³/mol. The lowest BCUT2D eigenvalue weighted by molar-refractivity contribution is -0.274. The molecule has 23 heavy (non-hydrogen) atoms. The van der Waals surface area contributed by atoms with E-state index in [-0.39, 0.29) is 5.75 Å². The van der Waals surface area contributed by atoms with Gasteiger partial charge in [0.2, 0.25) is 5.88 Å². The maximum Gasteiger partial charge on any atom is 0.573 e. The summed E-state index contributed by atoms with van der Waals surface area (Å²) in [7, 11) is 0. The molecule has 1 aromatic carbocycles. The molecule has 3 rings (SSSR count). The molecule has 1 aliphatic heterocycles. The smallest absolute Gasteiger partial charge is 0.436 e. The van der Waals surface area contributed by atoms with E-state index in [9.17, 15) is 13.2 Å². The molecule has 2 heterocycles. The molecule has 0 bridgehead atoms. The SMILES string of the molecule is FC(F)(F)Oc1ccc(C2C=C(Oc3cncnc3)NO2)cc1. The van der Waals surface area contributed by atoms with Crippen molar-refractivity contribution in [3.05, 3.63) is 60.5 Å². The Kier molecular flexibility index (Phi) is 4.02. The van der Waals surface area contributed by atoms with Crippen LogP contribution < -0.4 is 15.0 Å². The van der Waals surface area contributed by atoms with Crippen LogP contribution >= 0.6 is 0 Å². The highest BCUT2D eigenvalue weighted by Gasteiger charge is 2.31. The van der Waals surface area contributed by atoms with Crippen LogP contribution in [0.25, 0.3) is 0 Å². The van der Waals surface area contributed by atoms with E-state index in [1.807, 2.05) is 0 Å². The highest BCUT2D eigenvalue weighted by atomic mass is 19.4. The summed E-state index contributed by atoms with van der Waals surface area (Å²) in [6.45, 7) is 0. The van der Waals surface area contributed by atoms with Gasteiger partial charge in [0.25, 0.3) is 0 Å². The van der Waals surface area contributed by atoms with E-state index in [1.54, 1.807) is 6.08 Å². The van der Waals surface area contributed by atoms with Gasteiger partial charge in [0.05, 0.1) is 12.4 Å². The van der Waals surface area contributed by atoms with Gasteiger partial charge in [-0.15, -0.1) is 13.2 Å². The third-order valence-corrected chi connectivity index (χ3v) is 2.80. The van der Waals surface area contributed by atoms with Gasteiger partial charge >= 0.3 is 6.36 Å². The zero-order valence-corrected chi connectivity index (χ0v) is 11.4. The number of halogens is 3. The van der Waals surface area contributed by atoms with Crippen LogP contribution in [0.3, 0.4) is 0 Å². The van der Waals surface area contributed by atoms with Crippen molar-refractivity contribution in [3.63, 3.8) is 0 Å². The van der Waals surface area contributed by atoms with Gasteiger partial charge in [0.15, 0.2) is 5.75 Å². The summed E-state index contributed by atoms with van der Waals surface area (Å²) in [5.74, 6) is 0.457. The first-order chi connectivity index (χ1) is 11.0. The van der Waals surface area contributed by atoms with Crippen LogP contribution in [0.15, 0.2) is 54.9 Å². The first-order valence-corrected chi connectivity index (χ1v) is 6.42. The van der Waals surface area contributed by atoms with Crippen LogP contribution in [-0.2, 0) is 4.84 Å². The monoisotopic (exact) mass is 325 g/mol. The van der Waals surface area contributed by atoms with Crippen molar-refractivity contribution in [1.82, 2.24) is 15.4 Å². The summed E-state index contributed by atoms with van der Waals surface area (Å²) in [4.78, 5) is 12.9. The third-order valence-electron chi connectivity index (χ3n) is 2.80. The lowest BCUT2D eigenvalue weighted by Crippen LogP contribution is -2.17. The fraction of sp³-hybridized carbons (Fsp3) is 0.143. The number of alkyl halides is 3. The van der Waals surface area contributed by atoms with Gasteiger partial charge in [-0.05, 0) is 17.7 Å². The number of rotatable bonds is 4. The fourth-order valence-electron chi connectivity index (χ4n) is 1.87. The molecular weight excluding hydrogens is 315 g/mol. The lowest BCUT2D eigenvalue weighted by Gasteiger charge is -2.11. The Hall–Kier alpha value is -2.81. The van der Waals surface area contributed by atoms with Gasteiger partial charge in [0.1, 0.15) is 18.2 Å². The number of nitrogens with zero attached hydrogens (tertiary/aromatic N) is 2. The lowest BCUT2D eigenvalue weighted by atomic mass is 10.1. The molecule has 1 unspecified atom stereocenters. The Bertz CT molecular complexity index is 690. The molecule has 0 saturated carbocycles. The highest BCUT2D eigenvalue weighted by molar-refractivity contribution is 5.31. The minimum atomic E-state index is -4.72. The van der Waals surface area contributed by atoms with E-state index in [0.29, 0.717) is 17.2 Å². The third kappa shape index (κ3) is 4.10. The summed E-state index contributed by atoms with van der Waals surface area (Å²) < 4.78 is 45.6. The Morgan fingerprint density at radius 2 is 1.74 bits per heavy atom. The van der Waals surface area contributed by atoms with Gasteiger partial charge in [-0.1, -0.05) is 12.1 Å². The molecule has 2 aromatic rings. The number of ether oxygens (including phenoxy) is 2. The van der Waals surface area contributed by atoms with Crippen molar-refractivity contribution >= 4 is 0 Å². The van der Waals surface area contributed by atoms with Gasteiger partial charge in [-0.25, -0.2) is 15.4 Å². The molecular formula is C14H10F3N3O3. The molecule has 0 radical (unpaired) electrons. The van der Waals surface area contributed by atoms with Gasteiger partial charge in [-0.2, -0.15) is 0 Å². The molecule has 0 fully saturated rings. The largest absolute Gasteiger partial charge is 0.573 e. The zero-order valence-electron chi connectivity index (χ0n) is 11.4. The number of benzene rings is 1. The normalized spacial score (nSPS) is 17.3. The molecule has 0 saturated heterocycles. The van der Waals surface area contributed by atoms with Crippen LogP contribution in [0.5, 0.6) is 11.5 Å². The second-order valence-corrected chi connectivity index (χ2v) is 4.46. The van der Waals surface area contributed by atoms with Crippen molar-refractivity contribution in [3.8, 4) is 11.5 Å². The minimum Gasteiger partial charge on any atom is -0.436 e. The Morgan fingerprint density at radius 1 is 1.04 bits per heavy atom. The number of hydroxylamine groups is 1. The summed E-state index contributed by atoms with van der Waals surface area (Å²) in [5, 5.41) is 0. The van der Waals surface area contributed by atoms with Crippen LogP contribution in [0, 0.1) is 0 Å². The summed E-state index contributed by atoms with van der Waals surface area (Å²) in [6.07, 6.45) is 0.735. The second-order valence-electron chi connectivity index (χ2n) is 4.46. The van der Waals surface area contributed by atoms with E-state index in [2.05, 4.69) is 20.2 Å². The van der Waals surface area contributed by atoms with Crippen LogP contribution in [0.2, 0.25) is 0 Å².